The van der Waals surface area contributed by atoms with Gasteiger partial charge in [-0.3, -0.25) is 0 Å². The van der Waals surface area contributed by atoms with Crippen LogP contribution in [0.15, 0.2) is 138 Å². The number of thiophene rings is 1. The van der Waals surface area contributed by atoms with Crippen molar-refractivity contribution in [2.45, 2.75) is 19.3 Å². The summed E-state index contributed by atoms with van der Waals surface area (Å²) in [5.41, 5.74) is 13.4. The second-order valence-electron chi connectivity index (χ2n) is 13.0. The van der Waals surface area contributed by atoms with Crippen LogP contribution in [0, 0.1) is 0 Å². The lowest BCUT2D eigenvalue weighted by Gasteiger charge is -2.22. The van der Waals surface area contributed by atoms with E-state index >= 15 is 0 Å². The Morgan fingerprint density at radius 3 is 2.21 bits per heavy atom. The quantitative estimate of drug-likeness (QED) is 0.197. The Morgan fingerprint density at radius 2 is 1.30 bits per heavy atom. The maximum Gasteiger partial charge on any atom is 0.161 e. The third kappa shape index (κ3) is 3.85. The molecule has 4 heteroatoms. The number of fused-ring (bicyclic) bond motifs is 9. The third-order valence-corrected chi connectivity index (χ3v) is 11.1. The molecule has 1 aliphatic carbocycles. The van der Waals surface area contributed by atoms with Gasteiger partial charge < -0.3 is 4.42 Å². The zero-order valence-corrected chi connectivity index (χ0v) is 26.7. The minimum atomic E-state index is -0.0557. The lowest BCUT2D eigenvalue weighted by molar-refractivity contribution is 0.660. The first-order valence-corrected chi connectivity index (χ1v) is 16.8. The van der Waals surface area contributed by atoms with Crippen molar-refractivity contribution < 1.29 is 4.42 Å². The van der Waals surface area contributed by atoms with Crippen LogP contribution >= 0.6 is 11.3 Å². The number of hydrogen-bond donors (Lipinski definition) is 0. The van der Waals surface area contributed by atoms with Crippen molar-refractivity contribution in [3.05, 3.63) is 145 Å². The van der Waals surface area contributed by atoms with Crippen molar-refractivity contribution in [1.82, 2.24) is 9.97 Å². The van der Waals surface area contributed by atoms with Crippen LogP contribution in [-0.4, -0.2) is 9.97 Å². The first kappa shape index (κ1) is 26.6. The molecule has 0 fully saturated rings. The Morgan fingerprint density at radius 1 is 0.553 bits per heavy atom. The van der Waals surface area contributed by atoms with E-state index in [2.05, 4.69) is 129 Å². The fourth-order valence-corrected chi connectivity index (χ4v) is 8.73. The van der Waals surface area contributed by atoms with Gasteiger partial charge in [0, 0.05) is 37.4 Å². The summed E-state index contributed by atoms with van der Waals surface area (Å²) in [5.74, 6) is 0.704. The summed E-state index contributed by atoms with van der Waals surface area (Å²) in [6.07, 6.45) is 0. The molecule has 0 saturated carbocycles. The van der Waals surface area contributed by atoms with Crippen molar-refractivity contribution in [2.75, 3.05) is 0 Å². The van der Waals surface area contributed by atoms with Crippen LogP contribution in [0.5, 0.6) is 0 Å². The monoisotopic (exact) mass is 620 g/mol. The van der Waals surface area contributed by atoms with E-state index in [0.717, 1.165) is 59.9 Å². The Hall–Kier alpha value is -5.58. The molecule has 3 aromatic heterocycles. The zero-order chi connectivity index (χ0) is 31.3. The predicted molar refractivity (Wildman–Crippen MR) is 196 cm³/mol. The maximum atomic E-state index is 6.46. The second kappa shape index (κ2) is 9.71. The number of hydrogen-bond acceptors (Lipinski definition) is 4. The van der Waals surface area contributed by atoms with Crippen LogP contribution in [0.3, 0.4) is 0 Å². The summed E-state index contributed by atoms with van der Waals surface area (Å²) in [4.78, 5) is 10.6. The van der Waals surface area contributed by atoms with Crippen molar-refractivity contribution in [1.29, 1.82) is 0 Å². The molecular weight excluding hydrogens is 593 g/mol. The maximum absolute atomic E-state index is 6.46. The highest BCUT2D eigenvalue weighted by molar-refractivity contribution is 7.26. The standard InChI is InChI=1S/C43H28N2OS/c1-43(2)33-16-8-6-13-28(33)29-21-19-27(24-34(29)43)26-20-22-35-32(23-26)38-31(15-10-17-36(38)46-35)42-44-39(25-11-4-3-5-12-25)41-40(45-42)30-14-7-9-18-37(30)47-41/h3-24H,1-2H3. The summed E-state index contributed by atoms with van der Waals surface area (Å²) in [6, 6.07) is 47.5. The summed E-state index contributed by atoms with van der Waals surface area (Å²) >= 11 is 1.76. The molecule has 47 heavy (non-hydrogen) atoms. The van der Waals surface area contributed by atoms with Crippen molar-refractivity contribution in [3.8, 4) is 44.9 Å². The highest BCUT2D eigenvalue weighted by atomic mass is 32.1. The van der Waals surface area contributed by atoms with E-state index in [1.807, 2.05) is 18.2 Å². The van der Waals surface area contributed by atoms with E-state index < -0.39 is 0 Å². The number of nitrogens with zero attached hydrogens (tertiary/aromatic N) is 2. The summed E-state index contributed by atoms with van der Waals surface area (Å²) < 4.78 is 8.78. The lowest BCUT2D eigenvalue weighted by atomic mass is 9.81. The van der Waals surface area contributed by atoms with Crippen LogP contribution in [0.4, 0.5) is 0 Å². The Kier molecular flexibility index (Phi) is 5.50. The van der Waals surface area contributed by atoms with E-state index in [4.69, 9.17) is 14.4 Å². The Bertz CT molecular complexity index is 2720. The Labute approximate surface area is 275 Å². The molecule has 6 aromatic carbocycles. The smallest absolute Gasteiger partial charge is 0.161 e. The van der Waals surface area contributed by atoms with Gasteiger partial charge in [0.1, 0.15) is 11.2 Å². The topological polar surface area (TPSA) is 38.9 Å². The van der Waals surface area contributed by atoms with E-state index in [1.165, 1.54) is 32.5 Å². The lowest BCUT2D eigenvalue weighted by Crippen LogP contribution is -2.14. The second-order valence-corrected chi connectivity index (χ2v) is 14.0. The predicted octanol–water partition coefficient (Wildman–Crippen LogP) is 12.1. The highest BCUT2D eigenvalue weighted by Gasteiger charge is 2.35. The van der Waals surface area contributed by atoms with E-state index in [9.17, 15) is 0 Å². The molecule has 0 atom stereocenters. The van der Waals surface area contributed by atoms with Crippen LogP contribution in [0.25, 0.3) is 87.1 Å². The fraction of sp³-hybridized carbons (Fsp3) is 0.0698. The van der Waals surface area contributed by atoms with Crippen LogP contribution in [0.1, 0.15) is 25.0 Å². The molecule has 0 aliphatic heterocycles. The van der Waals surface area contributed by atoms with Crippen molar-refractivity contribution in [2.24, 2.45) is 0 Å². The summed E-state index contributed by atoms with van der Waals surface area (Å²) in [7, 11) is 0. The van der Waals surface area contributed by atoms with Gasteiger partial charge in [0.2, 0.25) is 0 Å². The van der Waals surface area contributed by atoms with Gasteiger partial charge in [-0.25, -0.2) is 9.97 Å². The van der Waals surface area contributed by atoms with Crippen LogP contribution in [0.2, 0.25) is 0 Å². The van der Waals surface area contributed by atoms with E-state index in [-0.39, 0.29) is 5.41 Å². The molecule has 1 aliphatic rings. The van der Waals surface area contributed by atoms with Crippen molar-refractivity contribution in [3.63, 3.8) is 0 Å². The molecule has 0 radical (unpaired) electrons. The Balaban J connectivity index is 1.19. The van der Waals surface area contributed by atoms with Gasteiger partial charge in [0.05, 0.1) is 15.9 Å². The molecule has 0 spiro atoms. The minimum Gasteiger partial charge on any atom is -0.456 e. The highest BCUT2D eigenvalue weighted by Crippen LogP contribution is 2.50. The number of furan rings is 1. The first-order chi connectivity index (χ1) is 23.0. The number of aromatic nitrogens is 2. The molecule has 0 amide bonds. The fourth-order valence-electron chi connectivity index (χ4n) is 7.58. The van der Waals surface area contributed by atoms with Gasteiger partial charge in [-0.2, -0.15) is 0 Å². The molecule has 0 N–H and O–H groups in total. The van der Waals surface area contributed by atoms with Gasteiger partial charge in [0.25, 0.3) is 0 Å². The average molecular weight is 621 g/mol. The molecule has 0 bridgehead atoms. The van der Waals surface area contributed by atoms with Gasteiger partial charge in [-0.15, -0.1) is 11.3 Å². The normalized spacial score (nSPS) is 13.5. The molecule has 0 unspecified atom stereocenters. The molecule has 3 heterocycles. The molecule has 0 saturated heterocycles. The van der Waals surface area contributed by atoms with Crippen LogP contribution < -0.4 is 0 Å². The summed E-state index contributed by atoms with van der Waals surface area (Å²) in [5, 5.41) is 3.26. The number of benzene rings is 6. The zero-order valence-electron chi connectivity index (χ0n) is 25.9. The molecule has 222 valence electrons. The van der Waals surface area contributed by atoms with Gasteiger partial charge in [-0.05, 0) is 63.7 Å². The van der Waals surface area contributed by atoms with E-state index in [0.29, 0.717) is 5.82 Å². The third-order valence-electron chi connectivity index (χ3n) is 9.92. The van der Waals surface area contributed by atoms with Gasteiger partial charge in [-0.1, -0.05) is 117 Å². The van der Waals surface area contributed by atoms with Crippen LogP contribution in [-0.2, 0) is 5.41 Å². The summed E-state index contributed by atoms with van der Waals surface area (Å²) in [6.45, 7) is 4.66. The largest absolute Gasteiger partial charge is 0.456 e. The molecular formula is C43H28N2OS. The molecule has 3 nitrogen and oxygen atoms in total. The molecule has 9 aromatic rings. The van der Waals surface area contributed by atoms with Gasteiger partial charge >= 0.3 is 0 Å². The first-order valence-electron chi connectivity index (χ1n) is 16.0. The minimum absolute atomic E-state index is 0.0557. The number of rotatable bonds is 3. The molecule has 10 rings (SSSR count). The average Bonchev–Trinajstić information content (AvgIpc) is 3.76. The SMILES string of the molecule is CC1(C)c2ccccc2-c2ccc(-c3ccc4oc5cccc(-c6nc(-c7ccccc7)c7sc8ccccc8c7n6)c5c4c3)cc21. The van der Waals surface area contributed by atoms with Crippen molar-refractivity contribution >= 4 is 53.6 Å². The van der Waals surface area contributed by atoms with E-state index in [1.54, 1.807) is 11.3 Å². The van der Waals surface area contributed by atoms with Gasteiger partial charge in [0.15, 0.2) is 5.82 Å².